The molecule has 4 aromatic rings. The van der Waals surface area contributed by atoms with Crippen molar-refractivity contribution in [1.82, 2.24) is 20.0 Å². The van der Waals surface area contributed by atoms with Crippen LogP contribution in [0, 0.1) is 0 Å². The minimum absolute atomic E-state index is 0.387. The number of nitrogens with zero attached hydrogens (tertiary/aromatic N) is 4. The lowest BCUT2D eigenvalue weighted by molar-refractivity contribution is -0.137. The molecule has 0 atom stereocenters. The zero-order valence-corrected chi connectivity index (χ0v) is 18.4. The minimum Gasteiger partial charge on any atom is -0.445 e. The maximum Gasteiger partial charge on any atom is 0.416 e. The molecule has 2 aromatic heterocycles. The summed E-state index contributed by atoms with van der Waals surface area (Å²) in [6.07, 6.45) is 7.19. The molecule has 4 rings (SSSR count). The first-order valence-corrected chi connectivity index (χ1v) is 10.9. The highest BCUT2D eigenvalue weighted by Gasteiger charge is 2.29. The summed E-state index contributed by atoms with van der Waals surface area (Å²) in [5, 5.41) is 11.1. The molecule has 2 heterocycles. The van der Waals surface area contributed by atoms with Crippen LogP contribution in [0.25, 0.3) is 12.2 Å². The number of hydrogen-bond donors (Lipinski definition) is 1. The Hall–Kier alpha value is -3.88. The molecule has 34 heavy (non-hydrogen) atoms. The molecule has 0 unspecified atom stereocenters. The van der Waals surface area contributed by atoms with Crippen molar-refractivity contribution in [3.8, 4) is 0 Å². The highest BCUT2D eigenvalue weighted by Crippen LogP contribution is 2.29. The molecule has 0 aliphatic heterocycles. The van der Waals surface area contributed by atoms with Crippen molar-refractivity contribution in [2.24, 2.45) is 0 Å². The summed E-state index contributed by atoms with van der Waals surface area (Å²) in [7, 11) is 0. The van der Waals surface area contributed by atoms with Crippen LogP contribution < -0.4 is 5.32 Å². The van der Waals surface area contributed by atoms with E-state index in [-0.39, 0.29) is 0 Å². The van der Waals surface area contributed by atoms with Crippen molar-refractivity contribution in [3.05, 3.63) is 95.5 Å². The highest BCUT2D eigenvalue weighted by atomic mass is 19.4. The number of nitrogens with one attached hydrogen (secondary N) is 1. The number of halogens is 3. The quantitative estimate of drug-likeness (QED) is 0.286. The Kier molecular flexibility index (Phi) is 7.41. The first-order valence-electron chi connectivity index (χ1n) is 10.9. The van der Waals surface area contributed by atoms with Crippen LogP contribution in [0.15, 0.2) is 71.6 Å². The summed E-state index contributed by atoms with van der Waals surface area (Å²) in [6, 6.07) is 13.2. The molecule has 6 nitrogen and oxygen atoms in total. The third-order valence-electron chi connectivity index (χ3n) is 5.23. The Bertz CT molecular complexity index is 1180. The number of aromatic nitrogens is 4. The van der Waals surface area contributed by atoms with Crippen LogP contribution in [-0.4, -0.2) is 20.0 Å². The van der Waals surface area contributed by atoms with Gasteiger partial charge in [-0.15, -0.1) is 5.10 Å². The number of anilines is 1. The number of hydrogen-bond acceptors (Lipinski definition) is 5. The van der Waals surface area contributed by atoms with Crippen LogP contribution in [-0.2, 0) is 25.7 Å². The Morgan fingerprint density at radius 1 is 0.971 bits per heavy atom. The number of rotatable bonds is 10. The largest absolute Gasteiger partial charge is 0.445 e. The lowest BCUT2D eigenvalue weighted by Gasteiger charge is -2.06. The fraction of sp³-hybridized carbons (Fsp3) is 0.240. The Morgan fingerprint density at radius 2 is 1.76 bits per heavy atom. The van der Waals surface area contributed by atoms with E-state index in [4.69, 9.17) is 4.42 Å². The first kappa shape index (κ1) is 23.3. The topological polar surface area (TPSA) is 68.8 Å². The molecule has 0 aliphatic carbocycles. The molecule has 0 saturated carbocycles. The summed E-state index contributed by atoms with van der Waals surface area (Å²) in [4.78, 5) is 4.38. The van der Waals surface area contributed by atoms with Gasteiger partial charge in [-0.2, -0.15) is 13.2 Å². The molecule has 0 saturated heterocycles. The van der Waals surface area contributed by atoms with Crippen LogP contribution in [0.3, 0.4) is 0 Å². The average molecular weight is 467 g/mol. The standard InChI is InChI=1S/C25H24F3N5O/c26-25(27,28)21-9-4-20(5-10-21)8-13-24-31-23(18-34-24)17-29-22-11-6-19(7-12-22)3-1-2-15-33-16-14-30-32-33/h4-14,16,18,29H,1-3,15,17H2. The second-order valence-electron chi connectivity index (χ2n) is 7.80. The predicted octanol–water partition coefficient (Wildman–Crippen LogP) is 6.09. The number of aryl methyl sites for hydroxylation is 2. The van der Waals surface area contributed by atoms with E-state index in [1.807, 2.05) is 23.0 Å². The van der Waals surface area contributed by atoms with Crippen molar-refractivity contribution in [1.29, 1.82) is 0 Å². The molecule has 0 amide bonds. The maximum absolute atomic E-state index is 12.6. The lowest BCUT2D eigenvalue weighted by Crippen LogP contribution is -2.03. The van der Waals surface area contributed by atoms with E-state index in [9.17, 15) is 13.2 Å². The summed E-state index contributed by atoms with van der Waals surface area (Å²) in [6.45, 7) is 1.37. The summed E-state index contributed by atoms with van der Waals surface area (Å²) in [5.74, 6) is 0.387. The molecular formula is C25H24F3N5O. The second kappa shape index (κ2) is 10.8. The van der Waals surface area contributed by atoms with E-state index < -0.39 is 11.7 Å². The van der Waals surface area contributed by atoms with Crippen LogP contribution in [0.1, 0.15) is 41.1 Å². The number of alkyl halides is 3. The molecular weight excluding hydrogens is 443 g/mol. The zero-order valence-electron chi connectivity index (χ0n) is 18.4. The lowest BCUT2D eigenvalue weighted by atomic mass is 10.1. The fourth-order valence-corrected chi connectivity index (χ4v) is 3.37. The van der Waals surface area contributed by atoms with Gasteiger partial charge in [0.15, 0.2) is 0 Å². The summed E-state index contributed by atoms with van der Waals surface area (Å²) >= 11 is 0. The van der Waals surface area contributed by atoms with Crippen LogP contribution in [0.2, 0.25) is 0 Å². The van der Waals surface area contributed by atoms with Crippen molar-refractivity contribution in [2.45, 2.75) is 38.5 Å². The predicted molar refractivity (Wildman–Crippen MR) is 124 cm³/mol. The van der Waals surface area contributed by atoms with Crippen LogP contribution >= 0.6 is 0 Å². The van der Waals surface area contributed by atoms with E-state index >= 15 is 0 Å². The number of oxazole rings is 1. The van der Waals surface area contributed by atoms with Gasteiger partial charge in [-0.05, 0) is 60.7 Å². The molecule has 0 bridgehead atoms. The van der Waals surface area contributed by atoms with Gasteiger partial charge in [0, 0.05) is 24.5 Å². The third kappa shape index (κ3) is 6.81. The molecule has 0 aliphatic rings. The van der Waals surface area contributed by atoms with Gasteiger partial charge in [0.25, 0.3) is 0 Å². The summed E-state index contributed by atoms with van der Waals surface area (Å²) in [5.41, 5.74) is 2.94. The number of unbranched alkanes of at least 4 members (excludes halogenated alkanes) is 1. The van der Waals surface area contributed by atoms with E-state index in [0.29, 0.717) is 18.0 Å². The molecule has 0 fully saturated rings. The number of benzene rings is 2. The Morgan fingerprint density at radius 3 is 2.47 bits per heavy atom. The van der Waals surface area contributed by atoms with Crippen molar-refractivity contribution < 1.29 is 17.6 Å². The smallest absolute Gasteiger partial charge is 0.416 e. The summed E-state index contributed by atoms with van der Waals surface area (Å²) < 4.78 is 45.2. The highest BCUT2D eigenvalue weighted by molar-refractivity contribution is 5.66. The Balaban J connectivity index is 1.21. The zero-order chi connectivity index (χ0) is 23.8. The van der Waals surface area contributed by atoms with Crippen molar-refractivity contribution in [2.75, 3.05) is 5.32 Å². The van der Waals surface area contributed by atoms with Gasteiger partial charge >= 0.3 is 6.18 Å². The Labute approximate surface area is 195 Å². The average Bonchev–Trinajstić information content (AvgIpc) is 3.52. The first-order chi connectivity index (χ1) is 16.5. The van der Waals surface area contributed by atoms with E-state index in [2.05, 4.69) is 32.7 Å². The van der Waals surface area contributed by atoms with Gasteiger partial charge < -0.3 is 9.73 Å². The van der Waals surface area contributed by atoms with Crippen LogP contribution in [0.4, 0.5) is 18.9 Å². The van der Waals surface area contributed by atoms with Crippen molar-refractivity contribution in [3.63, 3.8) is 0 Å². The van der Waals surface area contributed by atoms with Gasteiger partial charge in [0.2, 0.25) is 5.89 Å². The van der Waals surface area contributed by atoms with E-state index in [1.165, 1.54) is 17.7 Å². The van der Waals surface area contributed by atoms with Gasteiger partial charge in [0.05, 0.1) is 24.0 Å². The second-order valence-corrected chi connectivity index (χ2v) is 7.80. The third-order valence-corrected chi connectivity index (χ3v) is 5.23. The molecule has 1 N–H and O–H groups in total. The molecule has 9 heteroatoms. The normalized spacial score (nSPS) is 11.9. The van der Waals surface area contributed by atoms with E-state index in [1.54, 1.807) is 24.6 Å². The van der Waals surface area contributed by atoms with Gasteiger partial charge in [-0.1, -0.05) is 29.5 Å². The molecule has 176 valence electrons. The van der Waals surface area contributed by atoms with Gasteiger partial charge in [0.1, 0.15) is 6.26 Å². The SMILES string of the molecule is FC(F)(F)c1ccc(C=Cc2nc(CNc3ccc(CCCCn4ccnn4)cc3)co2)cc1. The van der Waals surface area contributed by atoms with Gasteiger partial charge in [-0.3, -0.25) is 4.68 Å². The maximum atomic E-state index is 12.6. The van der Waals surface area contributed by atoms with Crippen LogP contribution in [0.5, 0.6) is 0 Å². The van der Waals surface area contributed by atoms with Gasteiger partial charge in [-0.25, -0.2) is 4.98 Å². The molecule has 2 aromatic carbocycles. The monoisotopic (exact) mass is 467 g/mol. The van der Waals surface area contributed by atoms with E-state index in [0.717, 1.165) is 49.3 Å². The van der Waals surface area contributed by atoms with Crippen molar-refractivity contribution >= 4 is 17.8 Å². The minimum atomic E-state index is -4.34. The fourth-order valence-electron chi connectivity index (χ4n) is 3.37. The molecule has 0 spiro atoms. The molecule has 0 radical (unpaired) electrons.